The molecule has 2 N–H and O–H groups in total. The van der Waals surface area contributed by atoms with Crippen LogP contribution in [0, 0.1) is 16.7 Å². The zero-order valence-corrected chi connectivity index (χ0v) is 18.2. The number of furan rings is 1. The fourth-order valence-electron chi connectivity index (χ4n) is 4.09. The van der Waals surface area contributed by atoms with E-state index in [1.165, 1.54) is 11.8 Å². The largest absolute Gasteiger partial charge is 0.468 e. The first-order chi connectivity index (χ1) is 14.9. The molecule has 6 nitrogen and oxygen atoms in total. The van der Waals surface area contributed by atoms with Crippen LogP contribution in [-0.4, -0.2) is 17.4 Å². The van der Waals surface area contributed by atoms with Crippen LogP contribution in [0.3, 0.4) is 0 Å². The summed E-state index contributed by atoms with van der Waals surface area (Å²) in [6, 6.07) is 15.0. The van der Waals surface area contributed by atoms with Gasteiger partial charge in [0.25, 0.3) is 0 Å². The van der Waals surface area contributed by atoms with Crippen molar-refractivity contribution in [2.24, 2.45) is 5.41 Å². The van der Waals surface area contributed by atoms with Crippen LogP contribution in [-0.2, 0) is 9.59 Å². The summed E-state index contributed by atoms with van der Waals surface area (Å²) in [5, 5.41) is 16.7. The Morgan fingerprint density at radius 1 is 1.26 bits per heavy atom. The zero-order valence-electron chi connectivity index (χ0n) is 17.4. The summed E-state index contributed by atoms with van der Waals surface area (Å²) in [6.45, 7) is 4.11. The Morgan fingerprint density at radius 3 is 2.71 bits per heavy atom. The van der Waals surface area contributed by atoms with Crippen molar-refractivity contribution in [2.45, 2.75) is 32.6 Å². The fourth-order valence-corrected chi connectivity index (χ4v) is 4.95. The number of benzene rings is 1. The van der Waals surface area contributed by atoms with Crippen LogP contribution in [0.5, 0.6) is 0 Å². The molecule has 1 aromatic heterocycles. The van der Waals surface area contributed by atoms with Crippen molar-refractivity contribution in [3.63, 3.8) is 0 Å². The van der Waals surface area contributed by atoms with Gasteiger partial charge < -0.3 is 15.1 Å². The van der Waals surface area contributed by atoms with Crippen molar-refractivity contribution >= 4 is 29.1 Å². The standard InChI is InChI=1S/C24H23N3O3S/c1-24(2)11-17-22(18(28)12-24)21(19-9-6-10-30-19)16(13-25)23(27-17)31-14-20(29)26-15-7-4-3-5-8-15/h3-10,21,27H,11-12,14H2,1-2H3,(H,26,29)/t21-/m1/s1. The maximum Gasteiger partial charge on any atom is 0.234 e. The van der Waals surface area contributed by atoms with E-state index in [0.29, 0.717) is 34.8 Å². The van der Waals surface area contributed by atoms with Gasteiger partial charge in [-0.1, -0.05) is 43.8 Å². The Kier molecular flexibility index (Phi) is 5.75. The third kappa shape index (κ3) is 4.44. The van der Waals surface area contributed by atoms with Crippen LogP contribution in [0.2, 0.25) is 0 Å². The van der Waals surface area contributed by atoms with Crippen LogP contribution in [0.4, 0.5) is 5.69 Å². The molecule has 1 amide bonds. The number of carbonyl (C=O) groups is 2. The molecule has 31 heavy (non-hydrogen) atoms. The number of nitrogens with zero attached hydrogens (tertiary/aromatic N) is 1. The number of anilines is 1. The Balaban J connectivity index is 1.62. The Labute approximate surface area is 185 Å². The summed E-state index contributed by atoms with van der Waals surface area (Å²) >= 11 is 1.26. The lowest BCUT2D eigenvalue weighted by Crippen LogP contribution is -2.37. The Bertz CT molecular complexity index is 1110. The van der Waals surface area contributed by atoms with Gasteiger partial charge in [-0.2, -0.15) is 5.26 Å². The van der Waals surface area contributed by atoms with Gasteiger partial charge in [-0.3, -0.25) is 9.59 Å². The number of dihydropyridines is 1. The normalized spacial score (nSPS) is 20.0. The molecule has 2 heterocycles. The molecular weight excluding hydrogens is 410 g/mol. The minimum absolute atomic E-state index is 0.0266. The first-order valence-corrected chi connectivity index (χ1v) is 11.0. The van der Waals surface area contributed by atoms with Gasteiger partial charge in [0.15, 0.2) is 5.78 Å². The molecule has 0 radical (unpaired) electrons. The lowest BCUT2D eigenvalue weighted by molar-refractivity contribution is -0.118. The number of amides is 1. The molecule has 158 valence electrons. The van der Waals surface area contributed by atoms with Crippen molar-refractivity contribution in [2.75, 3.05) is 11.1 Å². The lowest BCUT2D eigenvalue weighted by atomic mass is 9.70. The molecule has 0 bridgehead atoms. The maximum absolute atomic E-state index is 13.0. The summed E-state index contributed by atoms with van der Waals surface area (Å²) < 4.78 is 5.62. The van der Waals surface area contributed by atoms with E-state index in [1.54, 1.807) is 18.4 Å². The second kappa shape index (κ2) is 8.48. The fraction of sp³-hybridized carbons (Fsp3) is 0.292. The molecular formula is C24H23N3O3S. The van der Waals surface area contributed by atoms with E-state index in [4.69, 9.17) is 4.42 Å². The first-order valence-electron chi connectivity index (χ1n) is 10.1. The lowest BCUT2D eigenvalue weighted by Gasteiger charge is -2.38. The van der Waals surface area contributed by atoms with E-state index >= 15 is 0 Å². The molecule has 0 fully saturated rings. The average molecular weight is 434 g/mol. The molecule has 7 heteroatoms. The quantitative estimate of drug-likeness (QED) is 0.709. The molecule has 1 aliphatic heterocycles. The van der Waals surface area contributed by atoms with Crippen molar-refractivity contribution in [3.05, 3.63) is 76.4 Å². The van der Waals surface area contributed by atoms with Gasteiger partial charge in [0, 0.05) is 23.4 Å². The van der Waals surface area contributed by atoms with Gasteiger partial charge in [0.05, 0.1) is 34.6 Å². The molecule has 1 aliphatic carbocycles. The topological polar surface area (TPSA) is 95.1 Å². The predicted molar refractivity (Wildman–Crippen MR) is 120 cm³/mol. The smallest absolute Gasteiger partial charge is 0.234 e. The summed E-state index contributed by atoms with van der Waals surface area (Å²) in [5.41, 5.74) is 2.36. The van der Waals surface area contributed by atoms with E-state index in [2.05, 4.69) is 30.6 Å². The van der Waals surface area contributed by atoms with Crippen LogP contribution in [0.1, 0.15) is 38.4 Å². The number of thioether (sulfide) groups is 1. The van der Waals surface area contributed by atoms with Crippen molar-refractivity contribution in [3.8, 4) is 6.07 Å². The number of allylic oxidation sites excluding steroid dienone is 3. The zero-order chi connectivity index (χ0) is 22.0. The van der Waals surface area contributed by atoms with Gasteiger partial charge in [-0.15, -0.1) is 0 Å². The highest BCUT2D eigenvalue weighted by atomic mass is 32.2. The number of rotatable bonds is 5. The number of hydrogen-bond donors (Lipinski definition) is 2. The predicted octanol–water partition coefficient (Wildman–Crippen LogP) is 4.72. The molecule has 0 saturated carbocycles. The van der Waals surface area contributed by atoms with E-state index in [-0.39, 0.29) is 22.9 Å². The van der Waals surface area contributed by atoms with Gasteiger partial charge in [-0.25, -0.2) is 0 Å². The summed E-state index contributed by atoms with van der Waals surface area (Å²) in [6.07, 6.45) is 2.65. The second-order valence-electron chi connectivity index (χ2n) is 8.46. The molecule has 4 rings (SSSR count). The molecule has 2 aliphatic rings. The van der Waals surface area contributed by atoms with Crippen molar-refractivity contribution in [1.29, 1.82) is 5.26 Å². The monoisotopic (exact) mass is 433 g/mol. The van der Waals surface area contributed by atoms with Crippen LogP contribution >= 0.6 is 11.8 Å². The second-order valence-corrected chi connectivity index (χ2v) is 9.45. The highest BCUT2D eigenvalue weighted by molar-refractivity contribution is 8.03. The summed E-state index contributed by atoms with van der Waals surface area (Å²) in [7, 11) is 0. The SMILES string of the molecule is CC1(C)CC(=O)C2=C(C1)NC(SCC(=O)Nc1ccccc1)=C(C#N)[C@@H]2c1ccco1. The van der Waals surface area contributed by atoms with E-state index < -0.39 is 5.92 Å². The molecule has 1 aromatic carbocycles. The minimum atomic E-state index is -0.556. The van der Waals surface area contributed by atoms with E-state index in [1.807, 2.05) is 30.3 Å². The number of ketones is 1. The number of carbonyl (C=O) groups excluding carboxylic acids is 2. The average Bonchev–Trinajstić information content (AvgIpc) is 3.25. The molecule has 0 saturated heterocycles. The highest BCUT2D eigenvalue weighted by Gasteiger charge is 2.42. The third-order valence-corrected chi connectivity index (χ3v) is 6.38. The maximum atomic E-state index is 13.0. The molecule has 2 aromatic rings. The van der Waals surface area contributed by atoms with Crippen LogP contribution in [0.25, 0.3) is 0 Å². The van der Waals surface area contributed by atoms with Gasteiger partial charge in [0.2, 0.25) is 5.91 Å². The Hall–Kier alpha value is -3.24. The molecule has 0 spiro atoms. The van der Waals surface area contributed by atoms with E-state index in [9.17, 15) is 14.9 Å². The summed E-state index contributed by atoms with van der Waals surface area (Å²) in [5.74, 6) is -0.00587. The van der Waals surface area contributed by atoms with Crippen molar-refractivity contribution in [1.82, 2.24) is 5.32 Å². The van der Waals surface area contributed by atoms with Gasteiger partial charge in [0.1, 0.15) is 5.76 Å². The third-order valence-electron chi connectivity index (χ3n) is 5.36. The summed E-state index contributed by atoms with van der Waals surface area (Å²) in [4.78, 5) is 25.5. The number of para-hydroxylation sites is 1. The first kappa shape index (κ1) is 21.0. The highest BCUT2D eigenvalue weighted by Crippen LogP contribution is 2.47. The van der Waals surface area contributed by atoms with Crippen LogP contribution in [0.15, 0.2) is 75.0 Å². The number of hydrogen-bond acceptors (Lipinski definition) is 6. The van der Waals surface area contributed by atoms with Gasteiger partial charge in [-0.05, 0) is 36.1 Å². The number of nitrogens with one attached hydrogen (secondary N) is 2. The van der Waals surface area contributed by atoms with Crippen molar-refractivity contribution < 1.29 is 14.0 Å². The number of Topliss-reactive ketones (excluding diaryl/α,β-unsaturated/α-hetero) is 1. The molecule has 1 atom stereocenters. The molecule has 0 unspecified atom stereocenters. The van der Waals surface area contributed by atoms with Crippen LogP contribution < -0.4 is 10.6 Å². The van der Waals surface area contributed by atoms with Gasteiger partial charge >= 0.3 is 0 Å². The Morgan fingerprint density at radius 2 is 2.03 bits per heavy atom. The van der Waals surface area contributed by atoms with E-state index in [0.717, 1.165) is 11.4 Å². The minimum Gasteiger partial charge on any atom is -0.468 e. The number of nitriles is 1.